The zero-order valence-electron chi connectivity index (χ0n) is 17.6. The van der Waals surface area contributed by atoms with Crippen LogP contribution in [0.3, 0.4) is 0 Å². The summed E-state index contributed by atoms with van der Waals surface area (Å²) in [6, 6.07) is 13.0. The van der Waals surface area contributed by atoms with E-state index in [1.165, 1.54) is 0 Å². The number of rotatable bonds is 9. The first kappa shape index (κ1) is 22.1. The van der Waals surface area contributed by atoms with Gasteiger partial charge in [-0.2, -0.15) is 10.2 Å². The first-order valence-electron chi connectivity index (χ1n) is 9.90. The normalized spacial score (nSPS) is 11.8. The van der Waals surface area contributed by atoms with E-state index in [1.54, 1.807) is 24.3 Å². The van der Waals surface area contributed by atoms with Gasteiger partial charge in [-0.1, -0.05) is 26.0 Å². The van der Waals surface area contributed by atoms with Crippen molar-refractivity contribution < 1.29 is 9.53 Å². The van der Waals surface area contributed by atoms with Crippen LogP contribution in [0.5, 0.6) is 0 Å². The average molecular weight is 393 g/mol. The molecule has 0 spiro atoms. The van der Waals surface area contributed by atoms with Crippen molar-refractivity contribution >= 4 is 28.7 Å². The Hall–Kier alpha value is -3.20. The summed E-state index contributed by atoms with van der Waals surface area (Å²) in [5, 5.41) is 8.58. The number of nitrogens with zero attached hydrogens (tertiary/aromatic N) is 4. The molecule has 29 heavy (non-hydrogen) atoms. The lowest BCUT2D eigenvalue weighted by Gasteiger charge is -2.24. The highest BCUT2D eigenvalue weighted by Crippen LogP contribution is 2.27. The summed E-state index contributed by atoms with van der Waals surface area (Å²) in [5.74, 6) is -0.200. The Labute approximate surface area is 173 Å². The minimum atomic E-state index is -0.139. The number of hydrogen-bond acceptors (Lipinski definition) is 5. The smallest absolute Gasteiger partial charge is 0.308 e. The SMILES string of the molecule is [C-]#[N+]c1ccc(/N=N/c2ccc(N(CC)CCOC(=O)C(C)CC)cc2C)cc1. The van der Waals surface area contributed by atoms with Crippen molar-refractivity contribution in [3.63, 3.8) is 0 Å². The molecule has 0 aliphatic carbocycles. The van der Waals surface area contributed by atoms with Crippen LogP contribution in [0.4, 0.5) is 22.7 Å². The number of carbonyl (C=O) groups excluding carboxylic acids is 1. The maximum absolute atomic E-state index is 11.8. The number of benzene rings is 2. The van der Waals surface area contributed by atoms with Crippen LogP contribution in [-0.4, -0.2) is 25.7 Å². The Morgan fingerprint density at radius 3 is 2.48 bits per heavy atom. The molecule has 0 aliphatic rings. The molecule has 6 nitrogen and oxygen atoms in total. The fourth-order valence-electron chi connectivity index (χ4n) is 2.69. The number of ether oxygens (including phenoxy) is 1. The summed E-state index contributed by atoms with van der Waals surface area (Å²) < 4.78 is 5.37. The van der Waals surface area contributed by atoms with Crippen LogP contribution in [0, 0.1) is 19.4 Å². The molecule has 6 heteroatoms. The number of likely N-dealkylation sites (N-methyl/N-ethyl adjacent to an activating group) is 1. The fraction of sp³-hybridized carbons (Fsp3) is 0.391. The zero-order chi connectivity index (χ0) is 21.2. The zero-order valence-corrected chi connectivity index (χ0v) is 17.6. The number of anilines is 1. The number of aryl methyl sites for hydroxylation is 1. The highest BCUT2D eigenvalue weighted by Gasteiger charge is 2.13. The minimum absolute atomic E-state index is 0.0606. The molecule has 2 aromatic carbocycles. The van der Waals surface area contributed by atoms with Gasteiger partial charge in [0.1, 0.15) is 6.61 Å². The summed E-state index contributed by atoms with van der Waals surface area (Å²) in [4.78, 5) is 17.4. The monoisotopic (exact) mass is 392 g/mol. The van der Waals surface area contributed by atoms with Crippen LogP contribution in [0.15, 0.2) is 52.7 Å². The van der Waals surface area contributed by atoms with Crippen LogP contribution in [-0.2, 0) is 9.53 Å². The van der Waals surface area contributed by atoms with Gasteiger partial charge in [0.25, 0.3) is 0 Å². The van der Waals surface area contributed by atoms with Gasteiger partial charge in [-0.3, -0.25) is 4.79 Å². The predicted molar refractivity (Wildman–Crippen MR) is 116 cm³/mol. The molecule has 2 aromatic rings. The summed E-state index contributed by atoms with van der Waals surface area (Å²) >= 11 is 0. The molecule has 0 heterocycles. The van der Waals surface area contributed by atoms with Crippen LogP contribution >= 0.6 is 0 Å². The molecule has 0 aromatic heterocycles. The van der Waals surface area contributed by atoms with Gasteiger partial charge >= 0.3 is 5.97 Å². The first-order valence-corrected chi connectivity index (χ1v) is 9.90. The third-order valence-electron chi connectivity index (χ3n) is 4.80. The Morgan fingerprint density at radius 2 is 1.90 bits per heavy atom. The van der Waals surface area contributed by atoms with Gasteiger partial charge in [-0.15, -0.1) is 0 Å². The molecular weight excluding hydrogens is 364 g/mol. The Kier molecular flexibility index (Phi) is 8.35. The standard InChI is InChI=1S/C23H28N4O2/c1-6-17(3)23(28)29-15-14-27(7-2)21-12-13-22(18(4)16-21)26-25-20-10-8-19(24-5)9-11-20/h8-13,16-17H,6-7,14-15H2,1-4H3/b26-25+. The molecule has 1 unspecified atom stereocenters. The van der Waals surface area contributed by atoms with Crippen molar-refractivity contribution in [1.29, 1.82) is 0 Å². The predicted octanol–water partition coefficient (Wildman–Crippen LogP) is 6.38. The number of carbonyl (C=O) groups is 1. The van der Waals surface area contributed by atoms with Gasteiger partial charge in [0.15, 0.2) is 5.69 Å². The van der Waals surface area contributed by atoms with Crippen molar-refractivity contribution in [2.45, 2.75) is 34.1 Å². The number of esters is 1. The van der Waals surface area contributed by atoms with E-state index in [-0.39, 0.29) is 11.9 Å². The maximum atomic E-state index is 11.8. The summed E-state index contributed by atoms with van der Waals surface area (Å²) in [6.45, 7) is 16.8. The molecule has 1 atom stereocenters. The largest absolute Gasteiger partial charge is 0.464 e. The van der Waals surface area contributed by atoms with Gasteiger partial charge in [0, 0.05) is 12.2 Å². The summed E-state index contributed by atoms with van der Waals surface area (Å²) in [6.07, 6.45) is 0.787. The van der Waals surface area contributed by atoms with E-state index in [0.29, 0.717) is 24.5 Å². The van der Waals surface area contributed by atoms with Gasteiger partial charge < -0.3 is 9.64 Å². The fourth-order valence-corrected chi connectivity index (χ4v) is 2.69. The second-order valence-electron chi connectivity index (χ2n) is 6.86. The van der Waals surface area contributed by atoms with Gasteiger partial charge in [-0.05, 0) is 56.2 Å². The molecule has 0 amide bonds. The molecule has 0 saturated carbocycles. The van der Waals surface area contributed by atoms with E-state index in [0.717, 1.165) is 29.9 Å². The third kappa shape index (κ3) is 6.42. The lowest BCUT2D eigenvalue weighted by molar-refractivity contribution is -0.147. The van der Waals surface area contributed by atoms with Crippen LogP contribution < -0.4 is 4.90 Å². The van der Waals surface area contributed by atoms with Gasteiger partial charge in [0.05, 0.1) is 30.4 Å². The van der Waals surface area contributed by atoms with Crippen molar-refractivity contribution in [1.82, 2.24) is 0 Å². The lowest BCUT2D eigenvalue weighted by atomic mass is 10.1. The Morgan fingerprint density at radius 1 is 1.17 bits per heavy atom. The Bertz CT molecular complexity index is 885. The molecule has 0 fully saturated rings. The van der Waals surface area contributed by atoms with Crippen molar-refractivity contribution in [2.75, 3.05) is 24.6 Å². The van der Waals surface area contributed by atoms with Crippen molar-refractivity contribution in [2.24, 2.45) is 16.1 Å². The van der Waals surface area contributed by atoms with Crippen molar-refractivity contribution in [3.05, 3.63) is 59.4 Å². The molecular formula is C23H28N4O2. The van der Waals surface area contributed by atoms with E-state index in [4.69, 9.17) is 11.3 Å². The van der Waals surface area contributed by atoms with Crippen LogP contribution in [0.1, 0.15) is 32.8 Å². The molecule has 152 valence electrons. The molecule has 0 bridgehead atoms. The highest BCUT2D eigenvalue weighted by molar-refractivity contribution is 5.71. The van der Waals surface area contributed by atoms with Crippen LogP contribution in [0.2, 0.25) is 0 Å². The topological polar surface area (TPSA) is 58.6 Å². The summed E-state index contributed by atoms with van der Waals surface area (Å²) in [5.41, 5.74) is 4.16. The molecule has 0 saturated heterocycles. The number of hydrogen-bond donors (Lipinski definition) is 0. The van der Waals surface area contributed by atoms with Gasteiger partial charge in [0.2, 0.25) is 0 Å². The average Bonchev–Trinajstić information content (AvgIpc) is 2.75. The van der Waals surface area contributed by atoms with E-state index in [9.17, 15) is 4.79 Å². The van der Waals surface area contributed by atoms with Crippen molar-refractivity contribution in [3.8, 4) is 0 Å². The third-order valence-corrected chi connectivity index (χ3v) is 4.80. The minimum Gasteiger partial charge on any atom is -0.464 e. The van der Waals surface area contributed by atoms with Gasteiger partial charge in [-0.25, -0.2) is 4.85 Å². The number of azo groups is 1. The molecule has 0 N–H and O–H groups in total. The Balaban J connectivity index is 2.01. The second-order valence-corrected chi connectivity index (χ2v) is 6.86. The van der Waals surface area contributed by atoms with Crippen LogP contribution in [0.25, 0.3) is 4.85 Å². The molecule has 0 aliphatic heterocycles. The maximum Gasteiger partial charge on any atom is 0.308 e. The van der Waals surface area contributed by atoms with E-state index < -0.39 is 0 Å². The molecule has 0 radical (unpaired) electrons. The quantitative estimate of drug-likeness (QED) is 0.283. The first-order chi connectivity index (χ1) is 14.0. The lowest BCUT2D eigenvalue weighted by Crippen LogP contribution is -2.29. The summed E-state index contributed by atoms with van der Waals surface area (Å²) in [7, 11) is 0. The molecule has 2 rings (SSSR count). The highest BCUT2D eigenvalue weighted by atomic mass is 16.5. The van der Waals surface area contributed by atoms with E-state index in [2.05, 4.69) is 33.0 Å². The van der Waals surface area contributed by atoms with E-state index in [1.807, 2.05) is 32.9 Å². The van der Waals surface area contributed by atoms with E-state index >= 15 is 0 Å². The second kappa shape index (κ2) is 11.0.